The third kappa shape index (κ3) is 1.59. The van der Waals surface area contributed by atoms with Crippen LogP contribution in [-0.4, -0.2) is 28.0 Å². The Hall–Kier alpha value is -0.870. The van der Waals surface area contributed by atoms with Gasteiger partial charge in [-0.05, 0) is 31.9 Å². The molecule has 0 aliphatic carbocycles. The SMILES string of the molecule is Cc1cn[nH]c1C1NCCCC1O. The number of nitrogens with one attached hydrogen (secondary N) is 2. The number of rotatable bonds is 1. The number of aromatic amines is 1. The molecule has 1 aromatic heterocycles. The quantitative estimate of drug-likeness (QED) is 0.591. The van der Waals surface area contributed by atoms with E-state index in [1.54, 1.807) is 6.20 Å². The van der Waals surface area contributed by atoms with E-state index in [9.17, 15) is 5.11 Å². The molecule has 1 saturated heterocycles. The molecule has 2 atom stereocenters. The first-order chi connectivity index (χ1) is 6.29. The average molecular weight is 181 g/mol. The summed E-state index contributed by atoms with van der Waals surface area (Å²) >= 11 is 0. The standard InChI is InChI=1S/C9H15N3O/c1-6-5-11-12-8(6)9-7(13)3-2-4-10-9/h5,7,9-10,13H,2-4H2,1H3,(H,11,12). The molecule has 0 aromatic carbocycles. The lowest BCUT2D eigenvalue weighted by atomic mass is 9.97. The lowest BCUT2D eigenvalue weighted by molar-refractivity contribution is 0.0944. The van der Waals surface area contributed by atoms with Crippen LogP contribution in [0.15, 0.2) is 6.20 Å². The highest BCUT2D eigenvalue weighted by Gasteiger charge is 2.26. The molecule has 0 saturated carbocycles. The van der Waals surface area contributed by atoms with Crippen LogP contribution in [0.3, 0.4) is 0 Å². The zero-order chi connectivity index (χ0) is 9.26. The first-order valence-electron chi connectivity index (χ1n) is 4.70. The van der Waals surface area contributed by atoms with Gasteiger partial charge in [-0.25, -0.2) is 0 Å². The van der Waals surface area contributed by atoms with Crippen LogP contribution in [-0.2, 0) is 0 Å². The van der Waals surface area contributed by atoms with Gasteiger partial charge in [-0.3, -0.25) is 5.10 Å². The van der Waals surface area contributed by atoms with Crippen LogP contribution in [0.5, 0.6) is 0 Å². The van der Waals surface area contributed by atoms with E-state index in [1.165, 1.54) is 0 Å². The third-order valence-corrected chi connectivity index (χ3v) is 2.60. The molecule has 4 nitrogen and oxygen atoms in total. The van der Waals surface area contributed by atoms with E-state index in [-0.39, 0.29) is 12.1 Å². The summed E-state index contributed by atoms with van der Waals surface area (Å²) in [6.07, 6.45) is 3.42. The second-order valence-electron chi connectivity index (χ2n) is 3.61. The summed E-state index contributed by atoms with van der Waals surface area (Å²) in [5.41, 5.74) is 2.13. The molecule has 1 aliphatic heterocycles. The first kappa shape index (κ1) is 8.72. The van der Waals surface area contributed by atoms with Crippen molar-refractivity contribution in [1.29, 1.82) is 0 Å². The van der Waals surface area contributed by atoms with Crippen molar-refractivity contribution in [1.82, 2.24) is 15.5 Å². The number of hydrogen-bond acceptors (Lipinski definition) is 3. The fourth-order valence-electron chi connectivity index (χ4n) is 1.84. The van der Waals surface area contributed by atoms with E-state index in [0.29, 0.717) is 0 Å². The van der Waals surface area contributed by atoms with Crippen molar-refractivity contribution in [3.8, 4) is 0 Å². The van der Waals surface area contributed by atoms with E-state index < -0.39 is 0 Å². The summed E-state index contributed by atoms with van der Waals surface area (Å²) in [5, 5.41) is 19.9. The Morgan fingerprint density at radius 2 is 2.46 bits per heavy atom. The van der Waals surface area contributed by atoms with Gasteiger partial charge in [-0.2, -0.15) is 5.10 Å². The fourth-order valence-corrected chi connectivity index (χ4v) is 1.84. The van der Waals surface area contributed by atoms with Crippen LogP contribution in [0.2, 0.25) is 0 Å². The smallest absolute Gasteiger partial charge is 0.0755 e. The Kier molecular flexibility index (Phi) is 2.33. The van der Waals surface area contributed by atoms with Gasteiger partial charge < -0.3 is 10.4 Å². The summed E-state index contributed by atoms with van der Waals surface area (Å²) in [5.74, 6) is 0. The molecule has 0 spiro atoms. The van der Waals surface area contributed by atoms with Crippen molar-refractivity contribution in [2.24, 2.45) is 0 Å². The summed E-state index contributed by atoms with van der Waals surface area (Å²) in [6.45, 7) is 2.97. The number of hydrogen-bond donors (Lipinski definition) is 3. The fraction of sp³-hybridized carbons (Fsp3) is 0.667. The van der Waals surface area contributed by atoms with Crippen molar-refractivity contribution in [3.05, 3.63) is 17.5 Å². The zero-order valence-electron chi connectivity index (χ0n) is 7.75. The molecule has 13 heavy (non-hydrogen) atoms. The number of aromatic nitrogens is 2. The van der Waals surface area contributed by atoms with Crippen LogP contribution in [0.25, 0.3) is 0 Å². The summed E-state index contributed by atoms with van der Waals surface area (Å²) in [7, 11) is 0. The number of H-pyrrole nitrogens is 1. The maximum atomic E-state index is 9.75. The van der Waals surface area contributed by atoms with Crippen LogP contribution in [0, 0.1) is 6.92 Å². The molecule has 1 fully saturated rings. The maximum absolute atomic E-state index is 9.75. The van der Waals surface area contributed by atoms with Gasteiger partial charge in [0.25, 0.3) is 0 Å². The number of aliphatic hydroxyl groups excluding tert-OH is 1. The molecule has 0 bridgehead atoms. The molecular weight excluding hydrogens is 166 g/mol. The summed E-state index contributed by atoms with van der Waals surface area (Å²) in [6, 6.07) is 0.0382. The molecule has 3 N–H and O–H groups in total. The minimum absolute atomic E-state index is 0.0382. The van der Waals surface area contributed by atoms with E-state index in [2.05, 4.69) is 15.5 Å². The number of aliphatic hydroxyl groups is 1. The Balaban J connectivity index is 2.19. The van der Waals surface area contributed by atoms with Gasteiger partial charge in [0.1, 0.15) is 0 Å². The largest absolute Gasteiger partial charge is 0.391 e. The van der Waals surface area contributed by atoms with Crippen molar-refractivity contribution in [2.75, 3.05) is 6.54 Å². The maximum Gasteiger partial charge on any atom is 0.0755 e. The van der Waals surface area contributed by atoms with E-state index >= 15 is 0 Å². The molecule has 4 heteroatoms. The van der Waals surface area contributed by atoms with Gasteiger partial charge in [-0.15, -0.1) is 0 Å². The van der Waals surface area contributed by atoms with E-state index in [1.807, 2.05) is 6.92 Å². The molecule has 1 aromatic rings. The Labute approximate surface area is 77.4 Å². The minimum Gasteiger partial charge on any atom is -0.391 e. The lowest BCUT2D eigenvalue weighted by Gasteiger charge is -2.28. The topological polar surface area (TPSA) is 60.9 Å². The molecule has 2 heterocycles. The predicted octanol–water partition coefficient (Wildman–Crippen LogP) is 0.504. The lowest BCUT2D eigenvalue weighted by Crippen LogP contribution is -2.38. The third-order valence-electron chi connectivity index (χ3n) is 2.60. The molecule has 0 amide bonds. The number of nitrogens with zero attached hydrogens (tertiary/aromatic N) is 1. The molecule has 2 rings (SSSR count). The Bertz CT molecular complexity index is 284. The van der Waals surface area contributed by atoms with E-state index in [4.69, 9.17) is 0 Å². The molecule has 2 unspecified atom stereocenters. The monoisotopic (exact) mass is 181 g/mol. The predicted molar refractivity (Wildman–Crippen MR) is 49.3 cm³/mol. The molecule has 72 valence electrons. The van der Waals surface area contributed by atoms with Crippen LogP contribution in [0.4, 0.5) is 0 Å². The van der Waals surface area contributed by atoms with Gasteiger partial charge >= 0.3 is 0 Å². The average Bonchev–Trinajstić information content (AvgIpc) is 2.52. The van der Waals surface area contributed by atoms with Crippen molar-refractivity contribution in [2.45, 2.75) is 31.9 Å². The van der Waals surface area contributed by atoms with Gasteiger partial charge in [0.15, 0.2) is 0 Å². The summed E-state index contributed by atoms with van der Waals surface area (Å²) in [4.78, 5) is 0. The first-order valence-corrected chi connectivity index (χ1v) is 4.70. The normalized spacial score (nSPS) is 29.1. The van der Waals surface area contributed by atoms with Crippen molar-refractivity contribution < 1.29 is 5.11 Å². The van der Waals surface area contributed by atoms with Crippen molar-refractivity contribution in [3.63, 3.8) is 0 Å². The highest BCUT2D eigenvalue weighted by Crippen LogP contribution is 2.23. The van der Waals surface area contributed by atoms with Gasteiger partial charge in [0.2, 0.25) is 0 Å². The van der Waals surface area contributed by atoms with Gasteiger partial charge in [-0.1, -0.05) is 0 Å². The highest BCUT2D eigenvalue weighted by atomic mass is 16.3. The van der Waals surface area contributed by atoms with Crippen LogP contribution >= 0.6 is 0 Å². The molecular formula is C9H15N3O. The van der Waals surface area contributed by atoms with Crippen molar-refractivity contribution >= 4 is 0 Å². The molecule has 1 aliphatic rings. The van der Waals surface area contributed by atoms with Gasteiger partial charge in [0.05, 0.1) is 24.0 Å². The Morgan fingerprint density at radius 3 is 3.08 bits per heavy atom. The molecule has 0 radical (unpaired) electrons. The summed E-state index contributed by atoms with van der Waals surface area (Å²) < 4.78 is 0. The van der Waals surface area contributed by atoms with Gasteiger partial charge in [0, 0.05) is 0 Å². The van der Waals surface area contributed by atoms with Crippen LogP contribution in [0.1, 0.15) is 30.1 Å². The minimum atomic E-state index is -0.284. The van der Waals surface area contributed by atoms with E-state index in [0.717, 1.165) is 30.6 Å². The van der Waals surface area contributed by atoms with Crippen LogP contribution < -0.4 is 5.32 Å². The second kappa shape index (κ2) is 3.47. The Morgan fingerprint density at radius 1 is 1.62 bits per heavy atom. The zero-order valence-corrected chi connectivity index (χ0v) is 7.75. The highest BCUT2D eigenvalue weighted by molar-refractivity contribution is 5.19. The second-order valence-corrected chi connectivity index (χ2v) is 3.61. The number of aryl methyl sites for hydroxylation is 1. The number of piperidine rings is 1.